The van der Waals surface area contributed by atoms with Crippen LogP contribution in [0.2, 0.25) is 0 Å². The number of fused-ring (bicyclic) bond motifs is 2. The summed E-state index contributed by atoms with van der Waals surface area (Å²) in [5, 5.41) is 3.85. The van der Waals surface area contributed by atoms with Crippen LogP contribution in [0.25, 0.3) is 0 Å². The molecule has 0 radical (unpaired) electrons. The van der Waals surface area contributed by atoms with E-state index in [0.29, 0.717) is 6.04 Å². The Hall–Kier alpha value is -1.86. The fourth-order valence-corrected chi connectivity index (χ4v) is 4.12. The lowest BCUT2D eigenvalue weighted by Crippen LogP contribution is -2.30. The van der Waals surface area contributed by atoms with Gasteiger partial charge in [-0.1, -0.05) is 72.8 Å². The van der Waals surface area contributed by atoms with Crippen LogP contribution in [0, 0.1) is 17.8 Å². The molecule has 4 rings (SSSR count). The van der Waals surface area contributed by atoms with E-state index in [9.17, 15) is 0 Å². The third-order valence-corrected chi connectivity index (χ3v) is 5.27. The molecule has 112 valence electrons. The van der Waals surface area contributed by atoms with Crippen molar-refractivity contribution in [3.8, 4) is 0 Å². The van der Waals surface area contributed by atoms with Gasteiger partial charge in [-0.3, -0.25) is 0 Å². The Morgan fingerprint density at radius 3 is 1.95 bits per heavy atom. The van der Waals surface area contributed by atoms with Crippen LogP contribution in [0.3, 0.4) is 0 Å². The average Bonchev–Trinajstić information content (AvgIpc) is 3.20. The standard InChI is InChI=1S/C21H23N/c1-3-7-17(8-4-1)21(18-9-5-2-6-10-18)22-15-20-14-16-11-12-19(20)13-16/h1-12,16,19-22H,13-15H2/t16-,19-,20+/m0/s1. The maximum absolute atomic E-state index is 3.85. The Bertz CT molecular complexity index is 592. The minimum absolute atomic E-state index is 0.297. The van der Waals surface area contributed by atoms with E-state index in [1.54, 1.807) is 0 Å². The van der Waals surface area contributed by atoms with E-state index in [0.717, 1.165) is 24.3 Å². The topological polar surface area (TPSA) is 12.0 Å². The number of hydrogen-bond donors (Lipinski definition) is 1. The molecule has 0 amide bonds. The highest BCUT2D eigenvalue weighted by Crippen LogP contribution is 2.43. The van der Waals surface area contributed by atoms with Crippen LogP contribution in [-0.4, -0.2) is 6.54 Å². The van der Waals surface area contributed by atoms with Crippen molar-refractivity contribution >= 4 is 0 Å². The molecular formula is C21H23N. The number of allylic oxidation sites excluding steroid dienone is 2. The van der Waals surface area contributed by atoms with Crippen molar-refractivity contribution in [1.82, 2.24) is 5.32 Å². The van der Waals surface area contributed by atoms with Crippen LogP contribution in [0.15, 0.2) is 72.8 Å². The van der Waals surface area contributed by atoms with Gasteiger partial charge in [0.15, 0.2) is 0 Å². The zero-order valence-corrected chi connectivity index (χ0v) is 12.9. The summed E-state index contributed by atoms with van der Waals surface area (Å²) in [7, 11) is 0. The van der Waals surface area contributed by atoms with Gasteiger partial charge >= 0.3 is 0 Å². The molecule has 3 atom stereocenters. The van der Waals surface area contributed by atoms with E-state index >= 15 is 0 Å². The first kappa shape index (κ1) is 13.8. The van der Waals surface area contributed by atoms with Crippen molar-refractivity contribution < 1.29 is 0 Å². The first-order chi connectivity index (χ1) is 10.9. The van der Waals surface area contributed by atoms with Gasteiger partial charge in [-0.05, 0) is 48.3 Å². The van der Waals surface area contributed by atoms with Crippen molar-refractivity contribution in [2.45, 2.75) is 18.9 Å². The minimum atomic E-state index is 0.297. The molecule has 1 fully saturated rings. The molecule has 0 saturated heterocycles. The summed E-state index contributed by atoms with van der Waals surface area (Å²) in [4.78, 5) is 0. The quantitative estimate of drug-likeness (QED) is 0.795. The van der Waals surface area contributed by atoms with Crippen LogP contribution in [0.5, 0.6) is 0 Å². The summed E-state index contributed by atoms with van der Waals surface area (Å²) in [6.07, 6.45) is 7.62. The second kappa shape index (κ2) is 6.10. The van der Waals surface area contributed by atoms with Gasteiger partial charge in [0.05, 0.1) is 6.04 Å². The summed E-state index contributed by atoms with van der Waals surface area (Å²) < 4.78 is 0. The smallest absolute Gasteiger partial charge is 0.0576 e. The molecule has 0 spiro atoms. The van der Waals surface area contributed by atoms with Crippen molar-refractivity contribution in [2.24, 2.45) is 17.8 Å². The summed E-state index contributed by atoms with van der Waals surface area (Å²) in [6.45, 7) is 1.11. The monoisotopic (exact) mass is 289 g/mol. The van der Waals surface area contributed by atoms with Crippen molar-refractivity contribution in [3.63, 3.8) is 0 Å². The third-order valence-electron chi connectivity index (χ3n) is 5.27. The lowest BCUT2D eigenvalue weighted by molar-refractivity contribution is 0.400. The highest BCUT2D eigenvalue weighted by molar-refractivity contribution is 5.31. The predicted molar refractivity (Wildman–Crippen MR) is 91.6 cm³/mol. The Labute approximate surface area is 133 Å². The third kappa shape index (κ3) is 2.74. The van der Waals surface area contributed by atoms with Gasteiger partial charge in [0.1, 0.15) is 0 Å². The number of rotatable bonds is 5. The van der Waals surface area contributed by atoms with E-state index < -0.39 is 0 Å². The summed E-state index contributed by atoms with van der Waals surface area (Å²) >= 11 is 0. The molecule has 0 heterocycles. The van der Waals surface area contributed by atoms with Crippen LogP contribution < -0.4 is 5.32 Å². The Kier molecular flexibility index (Phi) is 3.82. The molecule has 1 heteroatoms. The van der Waals surface area contributed by atoms with Crippen LogP contribution in [-0.2, 0) is 0 Å². The van der Waals surface area contributed by atoms with E-state index in [1.165, 1.54) is 24.0 Å². The number of benzene rings is 2. The van der Waals surface area contributed by atoms with Gasteiger partial charge in [0.25, 0.3) is 0 Å². The number of nitrogens with one attached hydrogen (secondary N) is 1. The fourth-order valence-electron chi connectivity index (χ4n) is 4.12. The molecule has 0 aliphatic heterocycles. The fraction of sp³-hybridized carbons (Fsp3) is 0.333. The largest absolute Gasteiger partial charge is 0.306 e. The minimum Gasteiger partial charge on any atom is -0.306 e. The lowest BCUT2D eigenvalue weighted by atomic mass is 9.92. The second-order valence-corrected chi connectivity index (χ2v) is 6.70. The summed E-state index contributed by atoms with van der Waals surface area (Å²) in [5.41, 5.74) is 2.71. The van der Waals surface area contributed by atoms with E-state index in [2.05, 4.69) is 78.1 Å². The van der Waals surface area contributed by atoms with Crippen LogP contribution in [0.4, 0.5) is 0 Å². The zero-order chi connectivity index (χ0) is 14.8. The van der Waals surface area contributed by atoms with Gasteiger partial charge in [0.2, 0.25) is 0 Å². The van der Waals surface area contributed by atoms with Crippen molar-refractivity contribution in [3.05, 3.63) is 83.9 Å². The normalized spacial score (nSPS) is 26.0. The molecule has 22 heavy (non-hydrogen) atoms. The first-order valence-corrected chi connectivity index (χ1v) is 8.42. The van der Waals surface area contributed by atoms with Crippen molar-refractivity contribution in [1.29, 1.82) is 0 Å². The molecule has 1 nitrogen and oxygen atoms in total. The molecular weight excluding hydrogens is 266 g/mol. The molecule has 2 aromatic carbocycles. The molecule has 0 aromatic heterocycles. The van der Waals surface area contributed by atoms with Crippen LogP contribution >= 0.6 is 0 Å². The highest BCUT2D eigenvalue weighted by Gasteiger charge is 2.35. The molecule has 1 N–H and O–H groups in total. The van der Waals surface area contributed by atoms with E-state index in [4.69, 9.17) is 0 Å². The molecule has 2 aromatic rings. The van der Waals surface area contributed by atoms with Gasteiger partial charge in [-0.25, -0.2) is 0 Å². The maximum Gasteiger partial charge on any atom is 0.0576 e. The first-order valence-electron chi connectivity index (χ1n) is 8.42. The molecule has 1 saturated carbocycles. The lowest BCUT2D eigenvalue weighted by Gasteiger charge is -2.25. The van der Waals surface area contributed by atoms with Gasteiger partial charge in [-0.2, -0.15) is 0 Å². The zero-order valence-electron chi connectivity index (χ0n) is 12.9. The summed E-state index contributed by atoms with van der Waals surface area (Å²) in [6, 6.07) is 21.9. The second-order valence-electron chi connectivity index (χ2n) is 6.70. The Balaban J connectivity index is 1.52. The molecule has 2 bridgehead atoms. The molecule has 0 unspecified atom stereocenters. The predicted octanol–water partition coefficient (Wildman–Crippen LogP) is 4.58. The van der Waals surface area contributed by atoms with Crippen molar-refractivity contribution in [2.75, 3.05) is 6.54 Å². The molecule has 2 aliphatic rings. The highest BCUT2D eigenvalue weighted by atomic mass is 14.9. The number of hydrogen-bond acceptors (Lipinski definition) is 1. The van der Waals surface area contributed by atoms with Gasteiger partial charge < -0.3 is 5.32 Å². The van der Waals surface area contributed by atoms with E-state index in [1.807, 2.05) is 0 Å². The average molecular weight is 289 g/mol. The maximum atomic E-state index is 3.85. The Morgan fingerprint density at radius 2 is 1.45 bits per heavy atom. The van der Waals surface area contributed by atoms with E-state index in [-0.39, 0.29) is 0 Å². The SMILES string of the molecule is C1=C[C@H]2C[C@H]1C[C@@H]2CNC(c1ccccc1)c1ccccc1. The van der Waals surface area contributed by atoms with Gasteiger partial charge in [-0.15, -0.1) is 0 Å². The van der Waals surface area contributed by atoms with Gasteiger partial charge in [0, 0.05) is 0 Å². The molecule has 2 aliphatic carbocycles. The summed E-state index contributed by atoms with van der Waals surface area (Å²) in [5.74, 6) is 2.47. The Morgan fingerprint density at radius 1 is 0.818 bits per heavy atom. The van der Waals surface area contributed by atoms with Crippen LogP contribution in [0.1, 0.15) is 30.0 Å².